The van der Waals surface area contributed by atoms with Crippen molar-refractivity contribution in [2.75, 3.05) is 32.1 Å². The predicted molar refractivity (Wildman–Crippen MR) is 62.9 cm³/mol. The van der Waals surface area contributed by atoms with E-state index in [0.717, 1.165) is 6.54 Å². The molecule has 0 radical (unpaired) electrons. The molecule has 1 unspecified atom stereocenters. The summed E-state index contributed by atoms with van der Waals surface area (Å²) in [4.78, 5) is 19.9. The maximum Gasteiger partial charge on any atom is 0.295 e. The number of aromatic amines is 1. The molecule has 6 heteroatoms. The van der Waals surface area contributed by atoms with Crippen LogP contribution in [0, 0.1) is 5.92 Å². The van der Waals surface area contributed by atoms with Gasteiger partial charge in [0, 0.05) is 13.6 Å². The molecular weight excluding hydrogens is 208 g/mol. The average Bonchev–Trinajstić information content (AvgIpc) is 2.28. The van der Waals surface area contributed by atoms with Crippen LogP contribution in [0.1, 0.15) is 6.92 Å². The van der Waals surface area contributed by atoms with Crippen molar-refractivity contribution in [1.29, 1.82) is 0 Å². The number of anilines is 1. The third-order valence-electron chi connectivity index (χ3n) is 2.35. The number of methoxy groups -OCH3 is 1. The molecule has 1 aromatic heterocycles. The number of hydrogen-bond donors (Lipinski definition) is 2. The highest BCUT2D eigenvalue weighted by Gasteiger charge is 2.14. The second-order valence-electron chi connectivity index (χ2n) is 3.81. The maximum atomic E-state index is 11.5. The Balaban J connectivity index is 2.94. The summed E-state index contributed by atoms with van der Waals surface area (Å²) in [7, 11) is 3.31. The highest BCUT2D eigenvalue weighted by Crippen LogP contribution is 2.19. The molecule has 0 saturated carbocycles. The Hall–Kier alpha value is -1.56. The van der Waals surface area contributed by atoms with Crippen molar-refractivity contribution in [2.24, 2.45) is 11.7 Å². The Labute approximate surface area is 94.4 Å². The molecule has 90 valence electrons. The smallest absolute Gasteiger partial charge is 0.295 e. The zero-order valence-electron chi connectivity index (χ0n) is 9.86. The van der Waals surface area contributed by atoms with Crippen molar-refractivity contribution in [3.8, 4) is 5.75 Å². The Kier molecular flexibility index (Phi) is 4.30. The van der Waals surface area contributed by atoms with Gasteiger partial charge in [-0.1, -0.05) is 6.92 Å². The standard InChI is InChI=1S/C10H18N4O2/c1-7(4-11)5-14(2)9-8(16-3)10(15)13-6-12-9/h6-7H,4-5,11H2,1-3H3,(H,12,13,15). The normalized spacial score (nSPS) is 12.2. The highest BCUT2D eigenvalue weighted by molar-refractivity contribution is 5.49. The van der Waals surface area contributed by atoms with Crippen LogP contribution in [0.25, 0.3) is 0 Å². The molecule has 0 saturated heterocycles. The van der Waals surface area contributed by atoms with E-state index in [9.17, 15) is 4.79 Å². The van der Waals surface area contributed by atoms with Crippen LogP contribution in [0.5, 0.6) is 5.75 Å². The predicted octanol–water partition coefficient (Wildman–Crippen LogP) is -0.190. The van der Waals surface area contributed by atoms with E-state index >= 15 is 0 Å². The van der Waals surface area contributed by atoms with Crippen molar-refractivity contribution < 1.29 is 4.74 Å². The van der Waals surface area contributed by atoms with Gasteiger partial charge in [-0.15, -0.1) is 0 Å². The number of ether oxygens (including phenoxy) is 1. The second kappa shape index (κ2) is 5.50. The molecule has 0 aliphatic carbocycles. The molecule has 6 nitrogen and oxygen atoms in total. The van der Waals surface area contributed by atoms with Crippen molar-refractivity contribution in [3.63, 3.8) is 0 Å². The molecule has 1 aromatic rings. The topological polar surface area (TPSA) is 84.2 Å². The number of nitrogens with two attached hydrogens (primary N) is 1. The zero-order chi connectivity index (χ0) is 12.1. The van der Waals surface area contributed by atoms with Crippen molar-refractivity contribution in [3.05, 3.63) is 16.7 Å². The van der Waals surface area contributed by atoms with E-state index in [1.165, 1.54) is 13.4 Å². The van der Waals surface area contributed by atoms with Gasteiger partial charge in [-0.3, -0.25) is 4.79 Å². The van der Waals surface area contributed by atoms with Crippen LogP contribution < -0.4 is 20.9 Å². The summed E-state index contributed by atoms with van der Waals surface area (Å²) in [6.07, 6.45) is 1.36. The van der Waals surface area contributed by atoms with Crippen LogP contribution in [0.15, 0.2) is 11.1 Å². The molecule has 3 N–H and O–H groups in total. The van der Waals surface area contributed by atoms with Crippen molar-refractivity contribution in [2.45, 2.75) is 6.92 Å². The fourth-order valence-corrected chi connectivity index (χ4v) is 1.46. The van der Waals surface area contributed by atoms with Crippen molar-refractivity contribution in [1.82, 2.24) is 9.97 Å². The van der Waals surface area contributed by atoms with Gasteiger partial charge in [-0.05, 0) is 12.5 Å². The van der Waals surface area contributed by atoms with Crippen LogP contribution >= 0.6 is 0 Å². The van der Waals surface area contributed by atoms with Gasteiger partial charge in [-0.25, -0.2) is 4.98 Å². The van der Waals surface area contributed by atoms with Crippen LogP contribution in [0.2, 0.25) is 0 Å². The van der Waals surface area contributed by atoms with Gasteiger partial charge in [0.1, 0.15) is 0 Å². The molecule has 0 aliphatic heterocycles. The van der Waals surface area contributed by atoms with E-state index in [1.54, 1.807) is 0 Å². The van der Waals surface area contributed by atoms with E-state index in [1.807, 2.05) is 18.9 Å². The number of nitrogens with zero attached hydrogens (tertiary/aromatic N) is 2. The van der Waals surface area contributed by atoms with Crippen LogP contribution in [-0.2, 0) is 0 Å². The first-order chi connectivity index (χ1) is 7.60. The summed E-state index contributed by atoms with van der Waals surface area (Å²) in [5.41, 5.74) is 5.27. The zero-order valence-corrected chi connectivity index (χ0v) is 9.86. The third-order valence-corrected chi connectivity index (χ3v) is 2.35. The lowest BCUT2D eigenvalue weighted by Gasteiger charge is -2.22. The Morgan fingerprint density at radius 3 is 2.94 bits per heavy atom. The van der Waals surface area contributed by atoms with Gasteiger partial charge in [-0.2, -0.15) is 0 Å². The van der Waals surface area contributed by atoms with Gasteiger partial charge < -0.3 is 20.4 Å². The first-order valence-corrected chi connectivity index (χ1v) is 5.13. The molecule has 0 spiro atoms. The molecule has 1 heterocycles. The fraction of sp³-hybridized carbons (Fsp3) is 0.600. The molecule has 1 atom stereocenters. The summed E-state index contributed by atoms with van der Waals surface area (Å²) < 4.78 is 5.03. The monoisotopic (exact) mass is 226 g/mol. The lowest BCUT2D eigenvalue weighted by atomic mass is 10.2. The maximum absolute atomic E-state index is 11.5. The first-order valence-electron chi connectivity index (χ1n) is 5.13. The Morgan fingerprint density at radius 2 is 2.38 bits per heavy atom. The van der Waals surface area contributed by atoms with Crippen LogP contribution in [0.3, 0.4) is 0 Å². The summed E-state index contributed by atoms with van der Waals surface area (Å²) in [5.74, 6) is 1.09. The number of hydrogen-bond acceptors (Lipinski definition) is 5. The summed E-state index contributed by atoms with van der Waals surface area (Å²) in [6.45, 7) is 3.36. The quantitative estimate of drug-likeness (QED) is 0.727. The van der Waals surface area contributed by atoms with E-state index in [0.29, 0.717) is 18.3 Å². The lowest BCUT2D eigenvalue weighted by Crippen LogP contribution is -2.30. The summed E-state index contributed by atoms with van der Waals surface area (Å²) in [6, 6.07) is 0. The minimum atomic E-state index is -0.278. The van der Waals surface area contributed by atoms with Crippen LogP contribution in [-0.4, -0.2) is 37.2 Å². The van der Waals surface area contributed by atoms with Gasteiger partial charge in [0.2, 0.25) is 5.75 Å². The van der Waals surface area contributed by atoms with Gasteiger partial charge in [0.25, 0.3) is 5.56 Å². The SMILES string of the molecule is COc1c(N(C)CC(C)CN)nc[nH]c1=O. The molecule has 0 amide bonds. The minimum absolute atomic E-state index is 0.231. The van der Waals surface area contributed by atoms with Gasteiger partial charge in [0.05, 0.1) is 13.4 Å². The first kappa shape index (κ1) is 12.5. The van der Waals surface area contributed by atoms with Gasteiger partial charge in [0.15, 0.2) is 5.82 Å². The number of aromatic nitrogens is 2. The summed E-state index contributed by atoms with van der Waals surface area (Å²) in [5, 5.41) is 0. The largest absolute Gasteiger partial charge is 0.489 e. The van der Waals surface area contributed by atoms with E-state index < -0.39 is 0 Å². The minimum Gasteiger partial charge on any atom is -0.489 e. The molecule has 16 heavy (non-hydrogen) atoms. The molecular formula is C10H18N4O2. The fourth-order valence-electron chi connectivity index (χ4n) is 1.46. The molecule has 0 fully saturated rings. The summed E-state index contributed by atoms with van der Waals surface area (Å²) >= 11 is 0. The Morgan fingerprint density at radius 1 is 1.69 bits per heavy atom. The molecule has 1 rings (SSSR count). The average molecular weight is 226 g/mol. The highest BCUT2D eigenvalue weighted by atomic mass is 16.5. The van der Waals surface area contributed by atoms with E-state index in [2.05, 4.69) is 9.97 Å². The Bertz CT molecular complexity index is 391. The third kappa shape index (κ3) is 2.73. The molecule has 0 aliphatic rings. The van der Waals surface area contributed by atoms with E-state index in [4.69, 9.17) is 10.5 Å². The molecule has 0 aromatic carbocycles. The lowest BCUT2D eigenvalue weighted by molar-refractivity contribution is 0.405. The second-order valence-corrected chi connectivity index (χ2v) is 3.81. The van der Waals surface area contributed by atoms with E-state index in [-0.39, 0.29) is 11.3 Å². The van der Waals surface area contributed by atoms with Gasteiger partial charge >= 0.3 is 0 Å². The number of H-pyrrole nitrogens is 1. The number of nitrogens with one attached hydrogen (secondary N) is 1. The number of rotatable bonds is 5. The van der Waals surface area contributed by atoms with Crippen molar-refractivity contribution >= 4 is 5.82 Å². The molecule has 0 bridgehead atoms. The van der Waals surface area contributed by atoms with Crippen LogP contribution in [0.4, 0.5) is 5.82 Å².